The first-order valence-electron chi connectivity index (χ1n) is 1.75. The van der Waals surface area contributed by atoms with Crippen LogP contribution in [0.1, 0.15) is 0 Å². The molecular formula is C4H5AgO5. The Hall–Kier alpha value is -0.620. The molecule has 0 spiro atoms. The van der Waals surface area contributed by atoms with E-state index < -0.39 is 11.9 Å². The minimum absolute atomic E-state index is 0. The van der Waals surface area contributed by atoms with Crippen LogP contribution in [0.2, 0.25) is 0 Å². The fraction of sp³-hybridized carbons (Fsp3) is 0. The average Bonchev–Trinajstić information content (AvgIpc) is 1.61. The summed E-state index contributed by atoms with van der Waals surface area (Å²) in [6.07, 6.45) is 0.942. The second-order valence-corrected chi connectivity index (χ2v) is 0.991. The Morgan fingerprint density at radius 1 is 1.30 bits per heavy atom. The first kappa shape index (κ1) is 16.2. The first-order chi connectivity index (χ1) is 3.63. The summed E-state index contributed by atoms with van der Waals surface area (Å²) >= 11 is 0. The van der Waals surface area contributed by atoms with Crippen LogP contribution in [0.5, 0.6) is 0 Å². The van der Waals surface area contributed by atoms with E-state index in [1.165, 1.54) is 0 Å². The normalized spacial score (nSPS) is 7.60. The van der Waals surface area contributed by atoms with E-state index in [1.54, 1.807) is 0 Å². The molecule has 0 amide bonds. The van der Waals surface area contributed by atoms with Crippen molar-refractivity contribution < 1.29 is 47.7 Å². The van der Waals surface area contributed by atoms with Gasteiger partial charge in [0.2, 0.25) is 0 Å². The van der Waals surface area contributed by atoms with Crippen molar-refractivity contribution >= 4 is 11.9 Å². The van der Waals surface area contributed by atoms with Crippen LogP contribution in [0, 0.1) is 0 Å². The molecule has 6 heteroatoms. The van der Waals surface area contributed by atoms with E-state index in [9.17, 15) is 14.7 Å². The third-order valence-electron chi connectivity index (χ3n) is 0.362. The van der Waals surface area contributed by atoms with Crippen LogP contribution in [-0.4, -0.2) is 22.5 Å². The quantitative estimate of drug-likeness (QED) is 0.427. The van der Waals surface area contributed by atoms with Crippen LogP contribution in [-0.2, 0) is 32.0 Å². The Bertz CT molecular complexity index is 125. The van der Waals surface area contributed by atoms with E-state index in [0.29, 0.717) is 12.2 Å². The van der Waals surface area contributed by atoms with Gasteiger partial charge in [0, 0.05) is 6.08 Å². The molecule has 0 aromatic heterocycles. The van der Waals surface area contributed by atoms with Gasteiger partial charge < -0.3 is 20.5 Å². The predicted octanol–water partition coefficient (Wildman–Crippen LogP) is -2.45. The molecule has 3 N–H and O–H groups in total. The molecule has 0 saturated carbocycles. The van der Waals surface area contributed by atoms with E-state index in [2.05, 4.69) is 0 Å². The second kappa shape index (κ2) is 8.38. The number of carbonyl (C=O) groups is 2. The summed E-state index contributed by atoms with van der Waals surface area (Å²) in [6.45, 7) is 0. The average molecular weight is 241 g/mol. The maximum atomic E-state index is 9.53. The van der Waals surface area contributed by atoms with Crippen LogP contribution in [0.25, 0.3) is 0 Å². The van der Waals surface area contributed by atoms with Gasteiger partial charge in [-0.1, -0.05) is 0 Å². The Morgan fingerprint density at radius 3 is 1.80 bits per heavy atom. The fourth-order valence-corrected chi connectivity index (χ4v) is 0.139. The van der Waals surface area contributed by atoms with Crippen molar-refractivity contribution in [2.75, 3.05) is 0 Å². The van der Waals surface area contributed by atoms with Crippen molar-refractivity contribution in [3.63, 3.8) is 0 Å². The smallest absolute Gasteiger partial charge is 0.545 e. The summed E-state index contributed by atoms with van der Waals surface area (Å²) in [4.78, 5) is 19.0. The van der Waals surface area contributed by atoms with Crippen molar-refractivity contribution in [3.8, 4) is 0 Å². The Kier molecular flexibility index (Phi) is 13.6. The molecule has 0 fully saturated rings. The van der Waals surface area contributed by atoms with Crippen LogP contribution in [0.3, 0.4) is 0 Å². The van der Waals surface area contributed by atoms with E-state index in [1.807, 2.05) is 0 Å². The SMILES string of the molecule is O.O=C([O-])/C=C\C(=O)O.[Ag+]. The van der Waals surface area contributed by atoms with Crippen molar-refractivity contribution in [1.29, 1.82) is 0 Å². The molecule has 0 aliphatic carbocycles. The van der Waals surface area contributed by atoms with Gasteiger partial charge in [-0.25, -0.2) is 4.79 Å². The van der Waals surface area contributed by atoms with E-state index in [-0.39, 0.29) is 27.9 Å². The molecule has 0 unspecified atom stereocenters. The zero-order valence-corrected chi connectivity index (χ0v) is 6.11. The number of hydrogen-bond acceptors (Lipinski definition) is 3. The Labute approximate surface area is 72.2 Å². The topological polar surface area (TPSA) is 109 Å². The minimum atomic E-state index is -1.51. The van der Waals surface area contributed by atoms with Crippen molar-refractivity contribution in [2.24, 2.45) is 0 Å². The largest absolute Gasteiger partial charge is 1.00 e. The number of rotatable bonds is 2. The van der Waals surface area contributed by atoms with Crippen LogP contribution in [0.4, 0.5) is 0 Å². The molecule has 0 aliphatic rings. The van der Waals surface area contributed by atoms with Gasteiger partial charge >= 0.3 is 28.3 Å². The standard InChI is InChI=1S/C4H4O4.Ag.H2O/c5-3(6)1-2-4(7)8;;/h1-2H,(H,5,6)(H,7,8);;1H2/q;+1;/p-1/b2-1-;;. The van der Waals surface area contributed by atoms with Gasteiger partial charge in [0.25, 0.3) is 0 Å². The van der Waals surface area contributed by atoms with Crippen molar-refractivity contribution in [1.82, 2.24) is 0 Å². The summed E-state index contributed by atoms with van der Waals surface area (Å²) in [5, 5.41) is 17.2. The fourth-order valence-electron chi connectivity index (χ4n) is 0.139. The number of carboxylic acid groups (broad SMARTS) is 2. The molecule has 0 aromatic rings. The zero-order valence-electron chi connectivity index (χ0n) is 4.63. The van der Waals surface area contributed by atoms with E-state index >= 15 is 0 Å². The van der Waals surface area contributed by atoms with Crippen LogP contribution in [0.15, 0.2) is 12.2 Å². The van der Waals surface area contributed by atoms with Crippen molar-refractivity contribution in [2.45, 2.75) is 0 Å². The second-order valence-electron chi connectivity index (χ2n) is 0.991. The minimum Gasteiger partial charge on any atom is -0.545 e. The molecule has 0 aromatic carbocycles. The summed E-state index contributed by atoms with van der Waals surface area (Å²) in [5.41, 5.74) is 0. The molecule has 0 rings (SSSR count). The van der Waals surface area contributed by atoms with Gasteiger partial charge in [-0.2, -0.15) is 0 Å². The van der Waals surface area contributed by atoms with Gasteiger partial charge in [-0.3, -0.25) is 0 Å². The molecular weight excluding hydrogens is 236 g/mol. The van der Waals surface area contributed by atoms with Gasteiger partial charge in [0.05, 0.1) is 5.97 Å². The molecule has 62 valence electrons. The predicted molar refractivity (Wildman–Crippen MR) is 25.4 cm³/mol. The number of hydrogen-bond donors (Lipinski definition) is 1. The molecule has 0 bridgehead atoms. The molecule has 0 radical (unpaired) electrons. The van der Waals surface area contributed by atoms with Gasteiger partial charge in [0.15, 0.2) is 0 Å². The summed E-state index contributed by atoms with van der Waals surface area (Å²) < 4.78 is 0. The molecule has 0 saturated heterocycles. The van der Waals surface area contributed by atoms with Gasteiger partial charge in [0.1, 0.15) is 0 Å². The van der Waals surface area contributed by atoms with E-state index in [0.717, 1.165) is 0 Å². The Balaban J connectivity index is -0.000000245. The van der Waals surface area contributed by atoms with Crippen LogP contribution < -0.4 is 5.11 Å². The van der Waals surface area contributed by atoms with Gasteiger partial charge in [-0.05, 0) is 6.08 Å². The molecule has 5 nitrogen and oxygen atoms in total. The molecule has 0 aliphatic heterocycles. The number of aliphatic carboxylic acids is 2. The zero-order chi connectivity index (χ0) is 6.57. The summed E-state index contributed by atoms with van der Waals surface area (Å²) in [7, 11) is 0. The Morgan fingerprint density at radius 2 is 1.70 bits per heavy atom. The third-order valence-corrected chi connectivity index (χ3v) is 0.362. The van der Waals surface area contributed by atoms with Crippen molar-refractivity contribution in [3.05, 3.63) is 12.2 Å². The molecule has 10 heavy (non-hydrogen) atoms. The number of carbonyl (C=O) groups excluding carboxylic acids is 1. The first-order valence-corrected chi connectivity index (χ1v) is 1.75. The third kappa shape index (κ3) is 15.7. The summed E-state index contributed by atoms with van der Waals surface area (Å²) in [5.74, 6) is -2.80. The maximum Gasteiger partial charge on any atom is 1.00 e. The number of carboxylic acids is 2. The van der Waals surface area contributed by atoms with E-state index in [4.69, 9.17) is 5.11 Å². The van der Waals surface area contributed by atoms with Crippen LogP contribution >= 0.6 is 0 Å². The maximum absolute atomic E-state index is 9.53. The molecule has 0 heterocycles. The monoisotopic (exact) mass is 240 g/mol. The van der Waals surface area contributed by atoms with Gasteiger partial charge in [-0.15, -0.1) is 0 Å². The summed E-state index contributed by atoms with van der Waals surface area (Å²) in [6, 6.07) is 0. The molecule has 0 atom stereocenters.